The van der Waals surface area contributed by atoms with Gasteiger partial charge in [-0.25, -0.2) is 4.98 Å². The predicted molar refractivity (Wildman–Crippen MR) is 67.4 cm³/mol. The average molecular weight is 214 g/mol. The molecule has 2 aromatic rings. The van der Waals surface area contributed by atoms with E-state index in [1.54, 1.807) is 6.08 Å². The highest BCUT2D eigenvalue weighted by molar-refractivity contribution is 5.89. The zero-order valence-corrected chi connectivity index (χ0v) is 9.20. The van der Waals surface area contributed by atoms with E-state index in [0.717, 1.165) is 16.5 Å². The fourth-order valence-corrected chi connectivity index (χ4v) is 1.51. The van der Waals surface area contributed by atoms with Gasteiger partial charge in [0.25, 0.3) is 0 Å². The molecule has 0 amide bonds. The van der Waals surface area contributed by atoms with Crippen molar-refractivity contribution in [2.45, 2.75) is 6.92 Å². The zero-order valence-electron chi connectivity index (χ0n) is 9.20. The Morgan fingerprint density at radius 3 is 3.00 bits per heavy atom. The second kappa shape index (κ2) is 4.18. The standard InChI is InChI=1S/C12H14N4/c1-3-6-14-12-15-10-5-4-8(2)7-9(10)11(13)16-12/h3-5,7H,1,6H2,2H3,(H3,13,14,15,16). The first-order valence-electron chi connectivity index (χ1n) is 5.09. The van der Waals surface area contributed by atoms with Gasteiger partial charge in [-0.2, -0.15) is 4.98 Å². The second-order valence-electron chi connectivity index (χ2n) is 3.62. The molecule has 0 radical (unpaired) electrons. The molecular weight excluding hydrogens is 200 g/mol. The summed E-state index contributed by atoms with van der Waals surface area (Å²) in [6.45, 7) is 6.26. The molecule has 3 N–H and O–H groups in total. The summed E-state index contributed by atoms with van der Waals surface area (Å²) in [5.41, 5.74) is 7.88. The second-order valence-corrected chi connectivity index (χ2v) is 3.62. The first-order valence-corrected chi connectivity index (χ1v) is 5.09. The van der Waals surface area contributed by atoms with Gasteiger partial charge < -0.3 is 11.1 Å². The molecule has 4 heteroatoms. The van der Waals surface area contributed by atoms with Crippen LogP contribution in [-0.2, 0) is 0 Å². The van der Waals surface area contributed by atoms with Crippen LogP contribution in [0, 0.1) is 6.92 Å². The Kier molecular flexibility index (Phi) is 2.72. The molecule has 0 saturated heterocycles. The molecule has 1 heterocycles. The van der Waals surface area contributed by atoms with E-state index in [4.69, 9.17) is 5.73 Å². The molecule has 0 saturated carbocycles. The molecular formula is C12H14N4. The summed E-state index contributed by atoms with van der Waals surface area (Å²) in [6, 6.07) is 5.94. The van der Waals surface area contributed by atoms with E-state index < -0.39 is 0 Å². The molecule has 1 aromatic carbocycles. The Labute approximate surface area is 94.2 Å². The number of aromatic nitrogens is 2. The van der Waals surface area contributed by atoms with Crippen molar-refractivity contribution in [1.29, 1.82) is 0 Å². The van der Waals surface area contributed by atoms with Crippen LogP contribution in [0.25, 0.3) is 10.9 Å². The fraction of sp³-hybridized carbons (Fsp3) is 0.167. The largest absolute Gasteiger partial charge is 0.383 e. The molecule has 0 aliphatic heterocycles. The van der Waals surface area contributed by atoms with Gasteiger partial charge in [-0.1, -0.05) is 17.7 Å². The van der Waals surface area contributed by atoms with Crippen molar-refractivity contribution in [2.24, 2.45) is 0 Å². The summed E-state index contributed by atoms with van der Waals surface area (Å²) in [5, 5.41) is 3.91. The predicted octanol–water partition coefficient (Wildman–Crippen LogP) is 2.12. The van der Waals surface area contributed by atoms with E-state index in [9.17, 15) is 0 Å². The van der Waals surface area contributed by atoms with E-state index >= 15 is 0 Å². The molecule has 1 aromatic heterocycles. The van der Waals surface area contributed by atoms with Crippen LogP contribution >= 0.6 is 0 Å². The van der Waals surface area contributed by atoms with E-state index in [1.165, 1.54) is 0 Å². The third-order valence-electron chi connectivity index (χ3n) is 2.29. The maximum Gasteiger partial charge on any atom is 0.225 e. The van der Waals surface area contributed by atoms with Crippen molar-refractivity contribution >= 4 is 22.7 Å². The van der Waals surface area contributed by atoms with E-state index in [-0.39, 0.29) is 0 Å². The number of nitrogens with zero attached hydrogens (tertiary/aromatic N) is 2. The number of anilines is 2. The van der Waals surface area contributed by atoms with Crippen molar-refractivity contribution in [1.82, 2.24) is 9.97 Å². The topological polar surface area (TPSA) is 63.8 Å². The van der Waals surface area contributed by atoms with Gasteiger partial charge in [0.2, 0.25) is 5.95 Å². The quantitative estimate of drug-likeness (QED) is 0.768. The Bertz CT molecular complexity index is 534. The van der Waals surface area contributed by atoms with Crippen molar-refractivity contribution in [3.8, 4) is 0 Å². The number of hydrogen-bond acceptors (Lipinski definition) is 4. The van der Waals surface area contributed by atoms with Crippen LogP contribution in [0.15, 0.2) is 30.9 Å². The van der Waals surface area contributed by atoms with Crippen LogP contribution in [-0.4, -0.2) is 16.5 Å². The van der Waals surface area contributed by atoms with Gasteiger partial charge in [0, 0.05) is 11.9 Å². The van der Waals surface area contributed by atoms with Gasteiger partial charge in [0.15, 0.2) is 0 Å². The zero-order chi connectivity index (χ0) is 11.5. The van der Waals surface area contributed by atoms with Crippen LogP contribution in [0.5, 0.6) is 0 Å². The minimum absolute atomic E-state index is 0.500. The van der Waals surface area contributed by atoms with Gasteiger partial charge in [-0.05, 0) is 19.1 Å². The molecule has 0 fully saturated rings. The molecule has 0 unspecified atom stereocenters. The van der Waals surface area contributed by atoms with Crippen molar-refractivity contribution in [3.63, 3.8) is 0 Å². The SMILES string of the molecule is C=CCNc1nc(N)c2cc(C)ccc2n1. The summed E-state index contributed by atoms with van der Waals surface area (Å²) in [6.07, 6.45) is 1.75. The van der Waals surface area contributed by atoms with Crippen LogP contribution in [0.2, 0.25) is 0 Å². The molecule has 2 rings (SSSR count). The minimum Gasteiger partial charge on any atom is -0.383 e. The number of nitrogens with two attached hydrogens (primary N) is 1. The highest BCUT2D eigenvalue weighted by Gasteiger charge is 2.04. The fourth-order valence-electron chi connectivity index (χ4n) is 1.51. The molecule has 0 atom stereocenters. The molecule has 0 spiro atoms. The number of hydrogen-bond donors (Lipinski definition) is 2. The molecule has 82 valence electrons. The maximum absolute atomic E-state index is 5.88. The number of rotatable bonds is 3. The van der Waals surface area contributed by atoms with Gasteiger partial charge >= 0.3 is 0 Å². The van der Waals surface area contributed by atoms with Crippen LogP contribution in [0.1, 0.15) is 5.56 Å². The highest BCUT2D eigenvalue weighted by Crippen LogP contribution is 2.20. The van der Waals surface area contributed by atoms with E-state index in [2.05, 4.69) is 21.9 Å². The number of aryl methyl sites for hydroxylation is 1. The van der Waals surface area contributed by atoms with Crippen molar-refractivity contribution < 1.29 is 0 Å². The van der Waals surface area contributed by atoms with Crippen LogP contribution < -0.4 is 11.1 Å². The van der Waals surface area contributed by atoms with Gasteiger partial charge in [0.1, 0.15) is 5.82 Å². The lowest BCUT2D eigenvalue weighted by Gasteiger charge is -2.06. The first kappa shape index (κ1) is 10.4. The third-order valence-corrected chi connectivity index (χ3v) is 2.29. The summed E-state index contributed by atoms with van der Waals surface area (Å²) >= 11 is 0. The van der Waals surface area contributed by atoms with Crippen LogP contribution in [0.4, 0.5) is 11.8 Å². The summed E-state index contributed by atoms with van der Waals surface area (Å²) in [5.74, 6) is 1.04. The Balaban J connectivity index is 2.50. The Hall–Kier alpha value is -2.10. The maximum atomic E-state index is 5.88. The smallest absolute Gasteiger partial charge is 0.225 e. The number of nitrogens with one attached hydrogen (secondary N) is 1. The number of fused-ring (bicyclic) bond motifs is 1. The molecule has 0 aliphatic carbocycles. The van der Waals surface area contributed by atoms with E-state index in [1.807, 2.05) is 25.1 Å². The monoisotopic (exact) mass is 214 g/mol. The lowest BCUT2D eigenvalue weighted by atomic mass is 10.1. The Morgan fingerprint density at radius 2 is 2.25 bits per heavy atom. The van der Waals surface area contributed by atoms with E-state index in [0.29, 0.717) is 18.3 Å². The van der Waals surface area contributed by atoms with Gasteiger partial charge in [0.05, 0.1) is 5.52 Å². The molecule has 0 aliphatic rings. The molecule has 4 nitrogen and oxygen atoms in total. The third kappa shape index (κ3) is 1.95. The summed E-state index contributed by atoms with van der Waals surface area (Å²) in [4.78, 5) is 8.55. The normalized spacial score (nSPS) is 10.3. The lowest BCUT2D eigenvalue weighted by molar-refractivity contribution is 1.16. The van der Waals surface area contributed by atoms with Crippen LogP contribution in [0.3, 0.4) is 0 Å². The van der Waals surface area contributed by atoms with Gasteiger partial charge in [-0.3, -0.25) is 0 Å². The minimum atomic E-state index is 0.500. The lowest BCUT2D eigenvalue weighted by Crippen LogP contribution is -2.05. The molecule has 16 heavy (non-hydrogen) atoms. The van der Waals surface area contributed by atoms with Crippen molar-refractivity contribution in [2.75, 3.05) is 17.6 Å². The summed E-state index contributed by atoms with van der Waals surface area (Å²) in [7, 11) is 0. The average Bonchev–Trinajstić information content (AvgIpc) is 2.27. The van der Waals surface area contributed by atoms with Crippen molar-refractivity contribution in [3.05, 3.63) is 36.4 Å². The number of benzene rings is 1. The summed E-state index contributed by atoms with van der Waals surface area (Å²) < 4.78 is 0. The molecule has 0 bridgehead atoms. The van der Waals surface area contributed by atoms with Gasteiger partial charge in [-0.15, -0.1) is 6.58 Å². The number of nitrogen functional groups attached to an aromatic ring is 1. The Morgan fingerprint density at radius 1 is 1.44 bits per heavy atom. The highest BCUT2D eigenvalue weighted by atomic mass is 15.1. The first-order chi connectivity index (χ1) is 7.70.